The largest absolute Gasteiger partial charge is 0.0654 e. The average Bonchev–Trinajstić information content (AvgIpc) is 2.57. The van der Waals surface area contributed by atoms with Crippen molar-refractivity contribution in [1.29, 1.82) is 0 Å². The predicted molar refractivity (Wildman–Crippen MR) is 108 cm³/mol. The summed E-state index contributed by atoms with van der Waals surface area (Å²) in [6.07, 6.45) is 31.5. The van der Waals surface area contributed by atoms with Crippen LogP contribution in [-0.4, -0.2) is 0 Å². The van der Waals surface area contributed by atoms with Gasteiger partial charge in [0.05, 0.1) is 0 Å². The first kappa shape index (κ1) is 23.0. The third kappa shape index (κ3) is 22.0. The summed E-state index contributed by atoms with van der Waals surface area (Å²) in [5.74, 6) is 0. The van der Waals surface area contributed by atoms with E-state index in [4.69, 9.17) is 0 Å². The fraction of sp³-hybridized carbons (Fsp3) is 0.957. The van der Waals surface area contributed by atoms with Gasteiger partial charge in [0.15, 0.2) is 0 Å². The monoisotopic (exact) mass is 323 g/mol. The van der Waals surface area contributed by atoms with Crippen molar-refractivity contribution in [2.24, 2.45) is 0 Å². The first-order valence-corrected chi connectivity index (χ1v) is 11.2. The molecule has 139 valence electrons. The van der Waals surface area contributed by atoms with Gasteiger partial charge in [-0.3, -0.25) is 0 Å². The molecule has 0 aromatic heterocycles. The number of unbranched alkanes of at least 4 members (excludes halogenated alkanes) is 20. The normalized spacial score (nSPS) is 11.2. The molecule has 0 aliphatic heterocycles. The van der Waals surface area contributed by atoms with E-state index in [1.807, 2.05) is 0 Å². The molecule has 0 aromatic carbocycles. The maximum Gasteiger partial charge on any atom is -0.0417 e. The summed E-state index contributed by atoms with van der Waals surface area (Å²) < 4.78 is 0. The molecule has 23 heavy (non-hydrogen) atoms. The average molecular weight is 324 g/mol. The van der Waals surface area contributed by atoms with Crippen LogP contribution in [0.15, 0.2) is 0 Å². The third-order valence-electron chi connectivity index (χ3n) is 5.10. The van der Waals surface area contributed by atoms with Gasteiger partial charge in [-0.1, -0.05) is 142 Å². The Hall–Kier alpha value is 0. The Kier molecular flexibility index (Phi) is 22.0. The Balaban J connectivity index is 2.92. The maximum atomic E-state index is 2.30. The summed E-state index contributed by atoms with van der Waals surface area (Å²) >= 11 is 0. The Morgan fingerprint density at radius 3 is 0.913 bits per heavy atom. The van der Waals surface area contributed by atoms with E-state index >= 15 is 0 Å². The molecule has 0 spiro atoms. The Morgan fingerprint density at radius 1 is 0.391 bits per heavy atom. The van der Waals surface area contributed by atoms with Crippen molar-refractivity contribution in [3.8, 4) is 0 Å². The molecular weight excluding hydrogens is 276 g/mol. The van der Waals surface area contributed by atoms with Gasteiger partial charge >= 0.3 is 0 Å². The third-order valence-corrected chi connectivity index (χ3v) is 5.10. The van der Waals surface area contributed by atoms with Crippen molar-refractivity contribution in [2.45, 2.75) is 142 Å². The predicted octanol–water partition coefficient (Wildman–Crippen LogP) is 9.03. The minimum atomic E-state index is 1.32. The second-order valence-corrected chi connectivity index (χ2v) is 7.56. The van der Waals surface area contributed by atoms with Gasteiger partial charge in [-0.15, -0.1) is 0 Å². The van der Waals surface area contributed by atoms with Crippen molar-refractivity contribution in [3.05, 3.63) is 6.42 Å². The van der Waals surface area contributed by atoms with Crippen LogP contribution in [0.5, 0.6) is 0 Å². The summed E-state index contributed by atoms with van der Waals surface area (Å²) in [6.45, 7) is 4.47. The van der Waals surface area contributed by atoms with Crippen LogP contribution in [0.3, 0.4) is 0 Å². The Bertz CT molecular complexity index is 164. The lowest BCUT2D eigenvalue weighted by Gasteiger charge is -2.04. The second-order valence-electron chi connectivity index (χ2n) is 7.56. The van der Waals surface area contributed by atoms with E-state index in [0.29, 0.717) is 0 Å². The maximum absolute atomic E-state index is 2.30. The smallest absolute Gasteiger partial charge is 0.0417 e. The van der Waals surface area contributed by atoms with Gasteiger partial charge < -0.3 is 0 Å². The molecule has 0 aliphatic rings. The molecule has 0 heteroatoms. The molecule has 0 heterocycles. The first-order chi connectivity index (χ1) is 11.4. The SMILES string of the molecule is C[CH]CCCCCCCCCCCCCCCCCCCCC. The van der Waals surface area contributed by atoms with Crippen LogP contribution < -0.4 is 0 Å². The standard InChI is InChI=1S/C23H47/c1-3-5-7-9-11-13-15-17-19-21-23-22-20-18-16-14-12-10-8-6-4-2/h3H,4-23H2,1-2H3. The second kappa shape index (κ2) is 22.0. The lowest BCUT2D eigenvalue weighted by atomic mass is 10.0. The fourth-order valence-corrected chi connectivity index (χ4v) is 3.43. The highest BCUT2D eigenvalue weighted by molar-refractivity contribution is 4.55. The van der Waals surface area contributed by atoms with E-state index in [1.165, 1.54) is 128 Å². The molecule has 0 N–H and O–H groups in total. The lowest BCUT2D eigenvalue weighted by molar-refractivity contribution is 0.523. The molecule has 0 nitrogen and oxygen atoms in total. The number of hydrogen-bond acceptors (Lipinski definition) is 0. The zero-order chi connectivity index (χ0) is 16.8. The summed E-state index contributed by atoms with van der Waals surface area (Å²) in [5, 5.41) is 0. The van der Waals surface area contributed by atoms with E-state index in [1.54, 1.807) is 0 Å². The number of hydrogen-bond donors (Lipinski definition) is 0. The molecule has 0 aliphatic carbocycles. The van der Waals surface area contributed by atoms with Crippen LogP contribution >= 0.6 is 0 Å². The van der Waals surface area contributed by atoms with Gasteiger partial charge in [-0.2, -0.15) is 0 Å². The van der Waals surface area contributed by atoms with E-state index in [0.717, 1.165) is 0 Å². The summed E-state index contributed by atoms with van der Waals surface area (Å²) in [5.41, 5.74) is 0. The van der Waals surface area contributed by atoms with Crippen LogP contribution in [0.2, 0.25) is 0 Å². The molecule has 0 aromatic rings. The van der Waals surface area contributed by atoms with Crippen molar-refractivity contribution >= 4 is 0 Å². The van der Waals surface area contributed by atoms with Crippen LogP contribution in [-0.2, 0) is 0 Å². The van der Waals surface area contributed by atoms with Crippen LogP contribution in [0.4, 0.5) is 0 Å². The molecule has 0 saturated heterocycles. The molecule has 0 saturated carbocycles. The Labute approximate surface area is 149 Å². The van der Waals surface area contributed by atoms with Gasteiger partial charge in [0.2, 0.25) is 0 Å². The minimum Gasteiger partial charge on any atom is -0.0654 e. The zero-order valence-corrected chi connectivity index (χ0v) is 16.7. The molecule has 0 bridgehead atoms. The van der Waals surface area contributed by atoms with Crippen LogP contribution in [0.1, 0.15) is 142 Å². The highest BCUT2D eigenvalue weighted by Crippen LogP contribution is 2.14. The summed E-state index contributed by atoms with van der Waals surface area (Å²) in [7, 11) is 0. The molecular formula is C23H47. The molecule has 0 rings (SSSR count). The molecule has 0 unspecified atom stereocenters. The lowest BCUT2D eigenvalue weighted by Crippen LogP contribution is -1.84. The topological polar surface area (TPSA) is 0 Å². The van der Waals surface area contributed by atoms with Crippen molar-refractivity contribution < 1.29 is 0 Å². The van der Waals surface area contributed by atoms with Crippen molar-refractivity contribution in [2.75, 3.05) is 0 Å². The zero-order valence-electron chi connectivity index (χ0n) is 16.7. The molecule has 0 fully saturated rings. The van der Waals surface area contributed by atoms with E-state index in [2.05, 4.69) is 20.3 Å². The quantitative estimate of drug-likeness (QED) is 0.196. The van der Waals surface area contributed by atoms with E-state index in [9.17, 15) is 0 Å². The van der Waals surface area contributed by atoms with Crippen molar-refractivity contribution in [1.82, 2.24) is 0 Å². The Morgan fingerprint density at radius 2 is 0.652 bits per heavy atom. The van der Waals surface area contributed by atoms with Crippen LogP contribution in [0, 0.1) is 6.42 Å². The molecule has 1 radical (unpaired) electrons. The number of rotatable bonds is 20. The van der Waals surface area contributed by atoms with E-state index in [-0.39, 0.29) is 0 Å². The van der Waals surface area contributed by atoms with Gasteiger partial charge in [0, 0.05) is 0 Å². The summed E-state index contributed by atoms with van der Waals surface area (Å²) in [4.78, 5) is 0. The van der Waals surface area contributed by atoms with Gasteiger partial charge in [-0.05, 0) is 6.42 Å². The van der Waals surface area contributed by atoms with Crippen LogP contribution in [0.25, 0.3) is 0 Å². The first-order valence-electron chi connectivity index (χ1n) is 11.2. The highest BCUT2D eigenvalue weighted by Gasteiger charge is 1.95. The van der Waals surface area contributed by atoms with Gasteiger partial charge in [0.1, 0.15) is 0 Å². The summed E-state index contributed by atoms with van der Waals surface area (Å²) in [6, 6.07) is 0. The minimum absolute atomic E-state index is 1.32. The van der Waals surface area contributed by atoms with Crippen molar-refractivity contribution in [3.63, 3.8) is 0 Å². The highest BCUT2D eigenvalue weighted by atomic mass is 14.0. The molecule has 0 amide bonds. The molecule has 0 atom stereocenters. The van der Waals surface area contributed by atoms with Gasteiger partial charge in [-0.25, -0.2) is 0 Å². The fourth-order valence-electron chi connectivity index (χ4n) is 3.43. The van der Waals surface area contributed by atoms with Gasteiger partial charge in [0.25, 0.3) is 0 Å². The van der Waals surface area contributed by atoms with E-state index < -0.39 is 0 Å².